The number of aliphatic carboxylic acids is 1. The maximum Gasteiger partial charge on any atom is 0.310 e. The summed E-state index contributed by atoms with van der Waals surface area (Å²) in [7, 11) is 0. The van der Waals surface area contributed by atoms with Gasteiger partial charge in [0.1, 0.15) is 5.69 Å². The van der Waals surface area contributed by atoms with E-state index in [0.29, 0.717) is 32.5 Å². The maximum atomic E-state index is 11.7. The van der Waals surface area contributed by atoms with Gasteiger partial charge in [0.2, 0.25) is 0 Å². The van der Waals surface area contributed by atoms with Crippen LogP contribution in [0, 0.1) is 5.41 Å². The zero-order valence-corrected chi connectivity index (χ0v) is 17.2. The van der Waals surface area contributed by atoms with Crippen LogP contribution in [0.3, 0.4) is 0 Å². The molecule has 3 rings (SSSR count). The molecule has 0 aliphatic carbocycles. The summed E-state index contributed by atoms with van der Waals surface area (Å²) < 4.78 is 1.96. The van der Waals surface area contributed by atoms with Crippen LogP contribution < -0.4 is 5.32 Å². The number of carbonyl (C=O) groups is 1. The van der Waals surface area contributed by atoms with Gasteiger partial charge in [-0.15, -0.1) is 11.3 Å². The molecular weight excluding hydrogens is 370 g/mol. The molecule has 2 aromatic heterocycles. The minimum atomic E-state index is -0.733. The van der Waals surface area contributed by atoms with Crippen molar-refractivity contribution in [2.75, 3.05) is 6.54 Å². The first kappa shape index (κ1) is 20.3. The van der Waals surface area contributed by atoms with Gasteiger partial charge >= 0.3 is 5.97 Å². The number of carboxylic acid groups (broad SMARTS) is 1. The Morgan fingerprint density at radius 2 is 1.93 bits per heavy atom. The third-order valence-electron chi connectivity index (χ3n) is 5.37. The summed E-state index contributed by atoms with van der Waals surface area (Å²) in [5.41, 5.74) is 2.53. The van der Waals surface area contributed by atoms with Crippen molar-refractivity contribution in [1.82, 2.24) is 15.1 Å². The number of carboxylic acids is 1. The van der Waals surface area contributed by atoms with Gasteiger partial charge in [-0.05, 0) is 29.9 Å². The number of hydrogen-bond acceptors (Lipinski definition) is 4. The molecule has 0 unspecified atom stereocenters. The molecule has 0 amide bonds. The number of nitrogens with one attached hydrogen (secondary N) is 1. The standard InChI is InChI=1S/C22H27N3O2S/c1-3-22(4-2,21(26)27)16-23-13-18-15-25(14-17-9-6-5-7-10-17)24-20(18)19-11-8-12-28-19/h5-12,15,23H,3-4,13-14,16H2,1-2H3,(H,26,27). The molecule has 148 valence electrons. The molecule has 1 aromatic carbocycles. The normalized spacial score (nSPS) is 11.6. The molecule has 2 N–H and O–H groups in total. The molecule has 6 heteroatoms. The lowest BCUT2D eigenvalue weighted by Crippen LogP contribution is -2.40. The zero-order chi connectivity index (χ0) is 20.0. The predicted octanol–water partition coefficient (Wildman–Crippen LogP) is 4.64. The van der Waals surface area contributed by atoms with Gasteiger partial charge in [-0.1, -0.05) is 50.2 Å². The molecule has 0 saturated carbocycles. The van der Waals surface area contributed by atoms with Crippen molar-refractivity contribution in [2.24, 2.45) is 5.41 Å². The Kier molecular flexibility index (Phi) is 6.65. The van der Waals surface area contributed by atoms with Crippen LogP contribution in [-0.4, -0.2) is 27.4 Å². The third-order valence-corrected chi connectivity index (χ3v) is 6.24. The highest BCUT2D eigenvalue weighted by Crippen LogP contribution is 2.28. The summed E-state index contributed by atoms with van der Waals surface area (Å²) in [6.07, 6.45) is 3.28. The minimum absolute atomic E-state index is 0.447. The van der Waals surface area contributed by atoms with Gasteiger partial charge in [-0.25, -0.2) is 0 Å². The monoisotopic (exact) mass is 397 g/mol. The van der Waals surface area contributed by atoms with Crippen LogP contribution in [0.4, 0.5) is 0 Å². The molecule has 28 heavy (non-hydrogen) atoms. The van der Waals surface area contributed by atoms with Crippen LogP contribution in [-0.2, 0) is 17.9 Å². The van der Waals surface area contributed by atoms with Gasteiger partial charge in [0.25, 0.3) is 0 Å². The topological polar surface area (TPSA) is 67.2 Å². The van der Waals surface area contributed by atoms with Crippen molar-refractivity contribution in [3.05, 3.63) is 65.2 Å². The molecule has 3 aromatic rings. The largest absolute Gasteiger partial charge is 0.481 e. The molecule has 0 atom stereocenters. The van der Waals surface area contributed by atoms with Crippen molar-refractivity contribution in [3.63, 3.8) is 0 Å². The molecule has 0 fully saturated rings. The summed E-state index contributed by atoms with van der Waals surface area (Å²) in [6, 6.07) is 14.3. The third kappa shape index (κ3) is 4.51. The van der Waals surface area contributed by atoms with Gasteiger partial charge in [-0.2, -0.15) is 5.10 Å². The fraction of sp³-hybridized carbons (Fsp3) is 0.364. The van der Waals surface area contributed by atoms with Crippen LogP contribution in [0.25, 0.3) is 10.6 Å². The second kappa shape index (κ2) is 9.17. The summed E-state index contributed by atoms with van der Waals surface area (Å²) in [4.78, 5) is 12.9. The van der Waals surface area contributed by atoms with Crippen LogP contribution in [0.2, 0.25) is 0 Å². The quantitative estimate of drug-likeness (QED) is 0.523. The fourth-order valence-corrected chi connectivity index (χ4v) is 4.12. The summed E-state index contributed by atoms with van der Waals surface area (Å²) in [5.74, 6) is -0.733. The van der Waals surface area contributed by atoms with Crippen LogP contribution in [0.5, 0.6) is 0 Å². The first-order valence-corrected chi connectivity index (χ1v) is 10.5. The number of thiophene rings is 1. The van der Waals surface area contributed by atoms with Gasteiger partial charge in [-0.3, -0.25) is 9.48 Å². The molecule has 2 heterocycles. The van der Waals surface area contributed by atoms with Gasteiger partial charge in [0.05, 0.1) is 16.8 Å². The summed E-state index contributed by atoms with van der Waals surface area (Å²) in [6.45, 7) is 5.63. The zero-order valence-electron chi connectivity index (χ0n) is 16.4. The predicted molar refractivity (Wildman–Crippen MR) is 113 cm³/mol. The number of benzene rings is 1. The van der Waals surface area contributed by atoms with Crippen molar-refractivity contribution in [1.29, 1.82) is 0 Å². The van der Waals surface area contributed by atoms with E-state index < -0.39 is 11.4 Å². The van der Waals surface area contributed by atoms with E-state index in [0.717, 1.165) is 16.1 Å². The second-order valence-corrected chi connectivity index (χ2v) is 8.01. The minimum Gasteiger partial charge on any atom is -0.481 e. The highest BCUT2D eigenvalue weighted by Gasteiger charge is 2.34. The van der Waals surface area contributed by atoms with E-state index in [9.17, 15) is 9.90 Å². The molecule has 0 aliphatic heterocycles. The Hall–Kier alpha value is -2.44. The van der Waals surface area contributed by atoms with E-state index in [1.165, 1.54) is 5.56 Å². The van der Waals surface area contributed by atoms with Crippen LogP contribution >= 0.6 is 11.3 Å². The average molecular weight is 398 g/mol. The van der Waals surface area contributed by atoms with Crippen molar-refractivity contribution < 1.29 is 9.90 Å². The molecule has 0 spiro atoms. The molecule has 0 saturated heterocycles. The van der Waals surface area contributed by atoms with E-state index in [1.807, 2.05) is 48.2 Å². The average Bonchev–Trinajstić information content (AvgIpc) is 3.36. The number of hydrogen-bond donors (Lipinski definition) is 2. The molecule has 0 radical (unpaired) electrons. The van der Waals surface area contributed by atoms with Gasteiger partial charge in [0, 0.05) is 24.8 Å². The Morgan fingerprint density at radius 3 is 2.54 bits per heavy atom. The lowest BCUT2D eigenvalue weighted by Gasteiger charge is -2.26. The van der Waals surface area contributed by atoms with E-state index >= 15 is 0 Å². The Balaban J connectivity index is 1.78. The summed E-state index contributed by atoms with van der Waals surface area (Å²) >= 11 is 1.67. The molecule has 0 aliphatic rings. The van der Waals surface area contributed by atoms with E-state index in [4.69, 9.17) is 5.10 Å². The first-order chi connectivity index (χ1) is 13.6. The van der Waals surface area contributed by atoms with Gasteiger partial charge < -0.3 is 10.4 Å². The molecular formula is C22H27N3O2S. The van der Waals surface area contributed by atoms with Crippen molar-refractivity contribution >= 4 is 17.3 Å². The van der Waals surface area contributed by atoms with Crippen molar-refractivity contribution in [2.45, 2.75) is 39.8 Å². The van der Waals surface area contributed by atoms with E-state index in [2.05, 4.69) is 29.7 Å². The Morgan fingerprint density at radius 1 is 1.18 bits per heavy atom. The molecule has 5 nitrogen and oxygen atoms in total. The molecule has 0 bridgehead atoms. The van der Waals surface area contributed by atoms with Gasteiger partial charge in [0.15, 0.2) is 0 Å². The lowest BCUT2D eigenvalue weighted by molar-refractivity contribution is -0.149. The van der Waals surface area contributed by atoms with Crippen LogP contribution in [0.1, 0.15) is 37.8 Å². The number of nitrogens with zero attached hydrogens (tertiary/aromatic N) is 2. The van der Waals surface area contributed by atoms with E-state index in [1.54, 1.807) is 11.3 Å². The number of aromatic nitrogens is 2. The van der Waals surface area contributed by atoms with E-state index in [-0.39, 0.29) is 0 Å². The smallest absolute Gasteiger partial charge is 0.310 e. The highest BCUT2D eigenvalue weighted by molar-refractivity contribution is 7.13. The fourth-order valence-electron chi connectivity index (χ4n) is 3.38. The number of rotatable bonds is 10. The summed E-state index contributed by atoms with van der Waals surface area (Å²) in [5, 5.41) is 19.9. The van der Waals surface area contributed by atoms with Crippen molar-refractivity contribution in [3.8, 4) is 10.6 Å². The highest BCUT2D eigenvalue weighted by atomic mass is 32.1. The SMILES string of the molecule is CCC(CC)(CNCc1cn(Cc2ccccc2)nc1-c1cccs1)C(=O)O. The lowest BCUT2D eigenvalue weighted by atomic mass is 9.82. The second-order valence-electron chi connectivity index (χ2n) is 7.06. The Labute approximate surface area is 170 Å². The Bertz CT molecular complexity index is 884. The first-order valence-electron chi connectivity index (χ1n) is 9.66. The maximum absolute atomic E-state index is 11.7. The van der Waals surface area contributed by atoms with Crippen LogP contribution in [0.15, 0.2) is 54.0 Å².